The van der Waals surface area contributed by atoms with Crippen LogP contribution in [0, 0.1) is 6.92 Å². The molecule has 0 aliphatic carbocycles. The molecule has 2 heterocycles. The Hall–Kier alpha value is -1.72. The number of nitrogens with two attached hydrogens (primary N) is 1. The summed E-state index contributed by atoms with van der Waals surface area (Å²) >= 11 is 3.13. The number of hydrazine groups is 1. The van der Waals surface area contributed by atoms with Crippen molar-refractivity contribution < 1.29 is 12.9 Å². The second-order valence-electron chi connectivity index (χ2n) is 3.40. The lowest BCUT2D eigenvalue weighted by Crippen LogP contribution is -2.18. The van der Waals surface area contributed by atoms with Gasteiger partial charge in [0, 0.05) is 10.7 Å². The van der Waals surface area contributed by atoms with E-state index in [2.05, 4.69) is 41.2 Å². The van der Waals surface area contributed by atoms with E-state index in [0.29, 0.717) is 10.3 Å². The lowest BCUT2D eigenvalue weighted by atomic mass is 10.5. The van der Waals surface area contributed by atoms with Gasteiger partial charge in [0.15, 0.2) is 11.6 Å². The first kappa shape index (κ1) is 13.7. The summed E-state index contributed by atoms with van der Waals surface area (Å²) in [6.45, 7) is 1.56. The molecule has 0 spiro atoms. The predicted octanol–water partition coefficient (Wildman–Crippen LogP) is 0.622. The Morgan fingerprint density at radius 2 is 2.21 bits per heavy atom. The Bertz CT molecular complexity index is 700. The van der Waals surface area contributed by atoms with Crippen molar-refractivity contribution in [1.82, 2.24) is 15.1 Å². The molecule has 0 amide bonds. The first-order valence-corrected chi connectivity index (χ1v) is 7.15. The molecule has 0 radical (unpaired) electrons. The zero-order valence-corrected chi connectivity index (χ0v) is 12.0. The molecule has 2 aromatic rings. The van der Waals surface area contributed by atoms with Gasteiger partial charge in [-0.15, -0.1) is 0 Å². The Balaban J connectivity index is 2.41. The van der Waals surface area contributed by atoms with E-state index in [-0.39, 0.29) is 16.7 Å². The molecular formula is C8H9BrN6O3S. The minimum absolute atomic E-state index is 0.00747. The van der Waals surface area contributed by atoms with Crippen LogP contribution in [-0.4, -0.2) is 23.5 Å². The van der Waals surface area contributed by atoms with Crippen molar-refractivity contribution in [1.29, 1.82) is 0 Å². The number of halogens is 1. The number of nitrogens with one attached hydrogen (secondary N) is 2. The monoisotopic (exact) mass is 348 g/mol. The molecule has 0 aliphatic rings. The average Bonchev–Trinajstić information content (AvgIpc) is 2.74. The van der Waals surface area contributed by atoms with E-state index in [1.165, 1.54) is 12.3 Å². The van der Waals surface area contributed by atoms with Crippen LogP contribution in [0.5, 0.6) is 0 Å². The molecule has 0 fully saturated rings. The summed E-state index contributed by atoms with van der Waals surface area (Å²) < 4.78 is 31.6. The Morgan fingerprint density at radius 1 is 1.47 bits per heavy atom. The molecule has 19 heavy (non-hydrogen) atoms. The van der Waals surface area contributed by atoms with E-state index in [4.69, 9.17) is 10.4 Å². The van der Waals surface area contributed by atoms with Gasteiger partial charge in [-0.1, -0.05) is 5.16 Å². The maximum Gasteiger partial charge on any atom is 0.335 e. The highest BCUT2D eigenvalue weighted by molar-refractivity contribution is 9.10. The number of sulfonamides is 1. The van der Waals surface area contributed by atoms with Crippen molar-refractivity contribution in [2.75, 3.05) is 10.1 Å². The van der Waals surface area contributed by atoms with Crippen molar-refractivity contribution in [3.8, 4) is 0 Å². The van der Waals surface area contributed by atoms with Crippen molar-refractivity contribution in [3.05, 3.63) is 22.6 Å². The van der Waals surface area contributed by atoms with Gasteiger partial charge in [-0.3, -0.25) is 0 Å². The summed E-state index contributed by atoms with van der Waals surface area (Å²) in [5.41, 5.74) is 2.20. The van der Waals surface area contributed by atoms with E-state index in [1.807, 2.05) is 0 Å². The minimum atomic E-state index is -3.95. The molecule has 0 bridgehead atoms. The summed E-state index contributed by atoms with van der Waals surface area (Å²) in [5.74, 6) is 5.52. The summed E-state index contributed by atoms with van der Waals surface area (Å²) in [6, 6.07) is 1.11. The van der Waals surface area contributed by atoms with Gasteiger partial charge in [-0.2, -0.15) is 4.98 Å². The fourth-order valence-electron chi connectivity index (χ4n) is 1.24. The Labute approximate surface area is 116 Å². The molecule has 11 heteroatoms. The lowest BCUT2D eigenvalue weighted by Gasteiger charge is -2.08. The smallest absolute Gasteiger partial charge is 0.314 e. The maximum atomic E-state index is 12.1. The van der Waals surface area contributed by atoms with Crippen molar-refractivity contribution in [3.63, 3.8) is 0 Å². The third-order valence-corrected chi connectivity index (χ3v) is 3.76. The van der Waals surface area contributed by atoms with Crippen LogP contribution in [-0.2, 0) is 10.0 Å². The number of nitrogen functional groups attached to an aromatic ring is 1. The standard InChI is InChI=1S/C8H9BrN6O3S/c1-4-12-8(18-14-4)15-19(16,17)6-2-5(9)3-11-7(6)13-10/h2-3H,10H2,1H3,(H,11,13)(H,12,14,15). The van der Waals surface area contributed by atoms with Gasteiger partial charge in [0.05, 0.1) is 0 Å². The second kappa shape index (κ2) is 5.11. The number of rotatable bonds is 4. The van der Waals surface area contributed by atoms with Gasteiger partial charge in [-0.25, -0.2) is 24.0 Å². The second-order valence-corrected chi connectivity index (χ2v) is 5.96. The lowest BCUT2D eigenvalue weighted by molar-refractivity contribution is 0.429. The van der Waals surface area contributed by atoms with Gasteiger partial charge in [-0.05, 0) is 28.9 Å². The van der Waals surface area contributed by atoms with Crippen LogP contribution in [0.15, 0.2) is 26.2 Å². The molecule has 102 valence electrons. The van der Waals surface area contributed by atoms with Crippen molar-refractivity contribution in [2.24, 2.45) is 5.84 Å². The fraction of sp³-hybridized carbons (Fsp3) is 0.125. The molecule has 4 N–H and O–H groups in total. The van der Waals surface area contributed by atoms with E-state index in [0.717, 1.165) is 0 Å². The van der Waals surface area contributed by atoms with Crippen LogP contribution in [0.1, 0.15) is 5.82 Å². The third-order valence-electron chi connectivity index (χ3n) is 1.99. The number of pyridine rings is 1. The first-order valence-electron chi connectivity index (χ1n) is 4.87. The van der Waals surface area contributed by atoms with Crippen LogP contribution >= 0.6 is 15.9 Å². The van der Waals surface area contributed by atoms with Gasteiger partial charge in [0.2, 0.25) is 0 Å². The van der Waals surface area contributed by atoms with Crippen LogP contribution in [0.25, 0.3) is 0 Å². The Morgan fingerprint density at radius 3 is 2.79 bits per heavy atom. The average molecular weight is 349 g/mol. The molecule has 2 rings (SSSR count). The molecule has 2 aromatic heterocycles. The van der Waals surface area contributed by atoms with E-state index >= 15 is 0 Å². The van der Waals surface area contributed by atoms with Gasteiger partial charge < -0.3 is 9.95 Å². The minimum Gasteiger partial charge on any atom is -0.314 e. The summed E-state index contributed by atoms with van der Waals surface area (Å²) in [4.78, 5) is 7.44. The van der Waals surface area contributed by atoms with Crippen LogP contribution in [0.3, 0.4) is 0 Å². The van der Waals surface area contributed by atoms with Crippen LogP contribution in [0.4, 0.5) is 11.8 Å². The number of hydrogen-bond donors (Lipinski definition) is 3. The zero-order chi connectivity index (χ0) is 14.0. The third kappa shape index (κ3) is 3.00. The molecule has 0 unspecified atom stereocenters. The normalized spacial score (nSPS) is 11.3. The number of aromatic nitrogens is 3. The number of hydrogen-bond acceptors (Lipinski definition) is 8. The van der Waals surface area contributed by atoms with Gasteiger partial charge >= 0.3 is 6.01 Å². The fourth-order valence-corrected chi connectivity index (χ4v) is 2.80. The number of aryl methyl sites for hydroxylation is 1. The number of nitrogens with zero attached hydrogens (tertiary/aromatic N) is 3. The van der Waals surface area contributed by atoms with Crippen molar-refractivity contribution in [2.45, 2.75) is 11.8 Å². The van der Waals surface area contributed by atoms with E-state index in [9.17, 15) is 8.42 Å². The van der Waals surface area contributed by atoms with Crippen molar-refractivity contribution >= 4 is 37.8 Å². The summed E-state index contributed by atoms with van der Waals surface area (Å²) in [6.07, 6.45) is 1.41. The SMILES string of the molecule is Cc1noc(NS(=O)(=O)c2cc(Br)cnc2NN)n1. The highest BCUT2D eigenvalue weighted by Gasteiger charge is 2.22. The Kier molecular flexibility index (Phi) is 3.68. The quantitative estimate of drug-likeness (QED) is 0.540. The number of anilines is 2. The maximum absolute atomic E-state index is 12.1. The highest BCUT2D eigenvalue weighted by atomic mass is 79.9. The predicted molar refractivity (Wildman–Crippen MR) is 69.6 cm³/mol. The molecule has 9 nitrogen and oxygen atoms in total. The van der Waals surface area contributed by atoms with Gasteiger partial charge in [0.25, 0.3) is 10.0 Å². The first-order chi connectivity index (χ1) is 8.92. The largest absolute Gasteiger partial charge is 0.335 e. The summed E-state index contributed by atoms with van der Waals surface area (Å²) in [7, 11) is -3.95. The molecule has 0 atom stereocenters. The molecule has 0 saturated carbocycles. The zero-order valence-electron chi connectivity index (χ0n) is 9.58. The molecule has 0 aliphatic heterocycles. The topological polar surface area (TPSA) is 136 Å². The van der Waals surface area contributed by atoms with E-state index < -0.39 is 10.0 Å². The molecule has 0 saturated heterocycles. The van der Waals surface area contributed by atoms with Gasteiger partial charge in [0.1, 0.15) is 4.90 Å². The molecular weight excluding hydrogens is 340 g/mol. The van der Waals surface area contributed by atoms with Crippen LogP contribution < -0.4 is 16.0 Å². The molecule has 0 aromatic carbocycles. The summed E-state index contributed by atoms with van der Waals surface area (Å²) in [5, 5.41) is 3.48. The van der Waals surface area contributed by atoms with E-state index in [1.54, 1.807) is 6.92 Å². The van der Waals surface area contributed by atoms with Crippen LogP contribution in [0.2, 0.25) is 0 Å². The highest BCUT2D eigenvalue weighted by Crippen LogP contribution is 2.24.